The van der Waals surface area contributed by atoms with E-state index in [-0.39, 0.29) is 28.2 Å². The molecule has 0 aliphatic rings. The van der Waals surface area contributed by atoms with Crippen LogP contribution in [0.25, 0.3) is 22.4 Å². The van der Waals surface area contributed by atoms with E-state index in [0.717, 1.165) is 5.52 Å². The van der Waals surface area contributed by atoms with Gasteiger partial charge in [0.05, 0.1) is 29.1 Å². The molecule has 4 rings (SSSR count). The first kappa shape index (κ1) is 19.5. The molecule has 0 fully saturated rings. The number of aromatic amines is 1. The zero-order chi connectivity index (χ0) is 21.3. The van der Waals surface area contributed by atoms with Crippen LogP contribution in [-0.2, 0) is 6.54 Å². The number of aromatic nitrogens is 5. The van der Waals surface area contributed by atoms with Crippen molar-refractivity contribution in [3.05, 3.63) is 65.0 Å². The van der Waals surface area contributed by atoms with Gasteiger partial charge in [-0.25, -0.2) is 14.4 Å². The van der Waals surface area contributed by atoms with Crippen LogP contribution in [-0.4, -0.2) is 36.7 Å². The fourth-order valence-electron chi connectivity index (χ4n) is 3.02. The monoisotopic (exact) mass is 423 g/mol. The summed E-state index contributed by atoms with van der Waals surface area (Å²) < 4.78 is 15.6. The minimum absolute atomic E-state index is 0.0315. The van der Waals surface area contributed by atoms with Crippen LogP contribution in [0, 0.1) is 17.1 Å². The number of nitriles is 1. The lowest BCUT2D eigenvalue weighted by Crippen LogP contribution is -2.36. The fourth-order valence-corrected chi connectivity index (χ4v) is 3.27. The molecule has 0 saturated heterocycles. The third-order valence-electron chi connectivity index (χ3n) is 4.44. The minimum Gasteiger partial charge on any atom is -0.346 e. The molecule has 0 bridgehead atoms. The van der Waals surface area contributed by atoms with E-state index in [1.807, 2.05) is 6.92 Å². The van der Waals surface area contributed by atoms with Gasteiger partial charge in [-0.1, -0.05) is 11.6 Å². The second-order valence-electron chi connectivity index (χ2n) is 6.69. The highest BCUT2D eigenvalue weighted by Crippen LogP contribution is 2.26. The molecule has 0 unspecified atom stereocenters. The molecule has 2 N–H and O–H groups in total. The molecule has 0 spiro atoms. The molecule has 1 amide bonds. The Bertz CT molecular complexity index is 1270. The van der Waals surface area contributed by atoms with Crippen molar-refractivity contribution in [2.75, 3.05) is 0 Å². The van der Waals surface area contributed by atoms with Crippen LogP contribution in [0.2, 0.25) is 5.02 Å². The predicted molar refractivity (Wildman–Crippen MR) is 108 cm³/mol. The van der Waals surface area contributed by atoms with Gasteiger partial charge in [0.15, 0.2) is 5.65 Å². The molecule has 8 nitrogen and oxygen atoms in total. The predicted octanol–water partition coefficient (Wildman–Crippen LogP) is 3.30. The molecule has 0 radical (unpaired) electrons. The summed E-state index contributed by atoms with van der Waals surface area (Å²) in [6.07, 6.45) is 3.24. The number of nitrogens with zero attached hydrogens (tertiary/aromatic N) is 5. The van der Waals surface area contributed by atoms with E-state index in [4.69, 9.17) is 16.9 Å². The maximum Gasteiger partial charge on any atom is 0.270 e. The topological polar surface area (TPSA) is 112 Å². The Morgan fingerprint density at radius 2 is 2.23 bits per heavy atom. The molecule has 3 aromatic heterocycles. The van der Waals surface area contributed by atoms with E-state index in [1.165, 1.54) is 18.5 Å². The average Bonchev–Trinajstić information content (AvgIpc) is 3.36. The Morgan fingerprint density at radius 3 is 3.00 bits per heavy atom. The number of imidazole rings is 1. The zero-order valence-electron chi connectivity index (χ0n) is 15.7. The van der Waals surface area contributed by atoms with Gasteiger partial charge in [0.25, 0.3) is 5.91 Å². The first-order valence-corrected chi connectivity index (χ1v) is 9.36. The van der Waals surface area contributed by atoms with Crippen molar-refractivity contribution >= 4 is 28.7 Å². The minimum atomic E-state index is -0.698. The lowest BCUT2D eigenvalue weighted by Gasteiger charge is -2.13. The quantitative estimate of drug-likeness (QED) is 0.511. The highest BCUT2D eigenvalue weighted by atomic mass is 35.5. The Labute approximate surface area is 175 Å². The van der Waals surface area contributed by atoms with Crippen molar-refractivity contribution in [3.63, 3.8) is 0 Å². The van der Waals surface area contributed by atoms with Gasteiger partial charge in [-0.15, -0.1) is 0 Å². The Balaban J connectivity index is 1.44. The Kier molecular flexibility index (Phi) is 5.16. The Morgan fingerprint density at radius 1 is 1.40 bits per heavy atom. The third-order valence-corrected chi connectivity index (χ3v) is 4.74. The van der Waals surface area contributed by atoms with E-state index >= 15 is 0 Å². The number of hydrogen-bond acceptors (Lipinski definition) is 5. The lowest BCUT2D eigenvalue weighted by molar-refractivity contribution is 0.0931. The van der Waals surface area contributed by atoms with Gasteiger partial charge in [0.2, 0.25) is 0 Å². The SMILES string of the molecule is C[C@@H](Cn1ccc(-c2cc(F)c(C#N)c(Cl)c2)n1)NC(=O)c1ccc2[nH]cnc2n1. The van der Waals surface area contributed by atoms with Crippen molar-refractivity contribution in [2.45, 2.75) is 19.5 Å². The molecule has 0 aliphatic carbocycles. The van der Waals surface area contributed by atoms with Gasteiger partial charge in [-0.3, -0.25) is 9.48 Å². The summed E-state index contributed by atoms with van der Waals surface area (Å²) in [5.74, 6) is -1.02. The molecule has 10 heteroatoms. The number of amides is 1. The average molecular weight is 424 g/mol. The first-order chi connectivity index (χ1) is 14.4. The summed E-state index contributed by atoms with van der Waals surface area (Å²) in [5, 5.41) is 16.2. The van der Waals surface area contributed by atoms with Crippen molar-refractivity contribution in [2.24, 2.45) is 0 Å². The van der Waals surface area contributed by atoms with Crippen LogP contribution in [0.5, 0.6) is 0 Å². The number of H-pyrrole nitrogens is 1. The molecule has 4 aromatic rings. The molecular formula is C20H15ClFN7O. The number of rotatable bonds is 5. The van der Waals surface area contributed by atoms with E-state index in [1.54, 1.807) is 35.1 Å². The third kappa shape index (κ3) is 3.86. The van der Waals surface area contributed by atoms with E-state index in [9.17, 15) is 9.18 Å². The van der Waals surface area contributed by atoms with Crippen LogP contribution >= 0.6 is 11.6 Å². The van der Waals surface area contributed by atoms with Crippen molar-refractivity contribution < 1.29 is 9.18 Å². The molecule has 1 atom stereocenters. The number of pyridine rings is 1. The smallest absolute Gasteiger partial charge is 0.270 e. The van der Waals surface area contributed by atoms with Crippen LogP contribution in [0.4, 0.5) is 4.39 Å². The lowest BCUT2D eigenvalue weighted by atomic mass is 10.1. The summed E-state index contributed by atoms with van der Waals surface area (Å²) in [6, 6.07) is 9.28. The normalized spacial score (nSPS) is 11.9. The number of carbonyl (C=O) groups is 1. The number of benzene rings is 1. The summed E-state index contributed by atoms with van der Waals surface area (Å²) in [5.41, 5.74) is 2.26. The fraction of sp³-hybridized carbons (Fsp3) is 0.150. The van der Waals surface area contributed by atoms with Crippen LogP contribution in [0.15, 0.2) is 42.9 Å². The molecule has 0 saturated carbocycles. The molecule has 0 aliphatic heterocycles. The van der Waals surface area contributed by atoms with Crippen LogP contribution < -0.4 is 5.32 Å². The zero-order valence-corrected chi connectivity index (χ0v) is 16.5. The van der Waals surface area contributed by atoms with Gasteiger partial charge in [-0.05, 0) is 37.3 Å². The first-order valence-electron chi connectivity index (χ1n) is 8.98. The summed E-state index contributed by atoms with van der Waals surface area (Å²) in [4.78, 5) is 23.6. The van der Waals surface area contributed by atoms with Crippen LogP contribution in [0.1, 0.15) is 23.0 Å². The van der Waals surface area contributed by atoms with Crippen molar-refractivity contribution in [1.29, 1.82) is 5.26 Å². The molecule has 150 valence electrons. The van der Waals surface area contributed by atoms with Crippen molar-refractivity contribution in [3.8, 4) is 17.3 Å². The van der Waals surface area contributed by atoms with Gasteiger partial charge in [0.1, 0.15) is 23.1 Å². The number of nitrogens with one attached hydrogen (secondary N) is 2. The van der Waals surface area contributed by atoms with Gasteiger partial charge in [-0.2, -0.15) is 10.4 Å². The Hall–Kier alpha value is -3.77. The largest absolute Gasteiger partial charge is 0.346 e. The number of fused-ring (bicyclic) bond motifs is 1. The van der Waals surface area contributed by atoms with Gasteiger partial charge < -0.3 is 10.3 Å². The molecule has 30 heavy (non-hydrogen) atoms. The highest BCUT2D eigenvalue weighted by Gasteiger charge is 2.15. The second kappa shape index (κ2) is 7.93. The number of hydrogen-bond donors (Lipinski definition) is 2. The maximum absolute atomic E-state index is 14.0. The maximum atomic E-state index is 14.0. The van der Waals surface area contributed by atoms with Crippen molar-refractivity contribution in [1.82, 2.24) is 30.0 Å². The summed E-state index contributed by atoms with van der Waals surface area (Å²) in [6.45, 7) is 2.23. The van der Waals surface area contributed by atoms with E-state index < -0.39 is 5.82 Å². The number of carbonyl (C=O) groups excluding carboxylic acids is 1. The second-order valence-corrected chi connectivity index (χ2v) is 7.10. The van der Waals surface area contributed by atoms with Crippen LogP contribution in [0.3, 0.4) is 0 Å². The molecule has 1 aromatic carbocycles. The highest BCUT2D eigenvalue weighted by molar-refractivity contribution is 6.32. The molecular weight excluding hydrogens is 409 g/mol. The summed E-state index contributed by atoms with van der Waals surface area (Å²) in [7, 11) is 0. The summed E-state index contributed by atoms with van der Waals surface area (Å²) >= 11 is 5.96. The van der Waals surface area contributed by atoms with E-state index in [0.29, 0.717) is 23.4 Å². The standard InChI is InChI=1S/C20H15ClFN7O/c1-11(26-20(30)18-3-2-17-19(27-18)25-10-24-17)9-29-5-4-16(28-29)12-6-14(21)13(8-23)15(22)7-12/h2-7,10-11H,9H2,1H3,(H,26,30)(H,24,25,27)/t11-/m0/s1. The number of halogens is 2. The van der Waals surface area contributed by atoms with Gasteiger partial charge in [0, 0.05) is 17.8 Å². The molecule has 3 heterocycles. The van der Waals surface area contributed by atoms with Gasteiger partial charge >= 0.3 is 0 Å². The van der Waals surface area contributed by atoms with E-state index in [2.05, 4.69) is 25.4 Å².